The highest BCUT2D eigenvalue weighted by molar-refractivity contribution is 5.97. The highest BCUT2D eigenvalue weighted by Gasteiger charge is 2.24. The van der Waals surface area contributed by atoms with Crippen LogP contribution in [0.4, 0.5) is 0 Å². The van der Waals surface area contributed by atoms with Gasteiger partial charge in [-0.15, -0.1) is 0 Å². The highest BCUT2D eigenvalue weighted by atomic mass is 16.4. The number of carbonyl (C=O) groups excluding carboxylic acids is 1. The summed E-state index contributed by atoms with van der Waals surface area (Å²) in [5, 5.41) is 18.6. The van der Waals surface area contributed by atoms with Crippen molar-refractivity contribution in [3.8, 4) is 0 Å². The number of hydrogen-bond donors (Lipinski definition) is 2. The molecule has 0 aliphatic carbocycles. The number of hydrogen-bond acceptors (Lipinski definition) is 5. The molecule has 5 nitrogen and oxygen atoms in total. The molecule has 1 unspecified atom stereocenters. The molecule has 0 fully saturated rings. The standard InChI is InChI=1S/C12H12O5/c1-7-2-4-9(16-7)11(14)12(15)10-5-3-8(6-13)17-10/h2-5,11,13-14H,6H2,1H3. The molecule has 2 rings (SSSR count). The number of aliphatic hydroxyl groups excluding tert-OH is 2. The molecule has 2 aromatic rings. The Hall–Kier alpha value is -1.85. The van der Waals surface area contributed by atoms with Gasteiger partial charge in [0.2, 0.25) is 5.78 Å². The maximum atomic E-state index is 11.8. The lowest BCUT2D eigenvalue weighted by Gasteiger charge is -2.03. The van der Waals surface area contributed by atoms with Gasteiger partial charge in [-0.05, 0) is 31.2 Å². The van der Waals surface area contributed by atoms with Crippen LogP contribution < -0.4 is 0 Å². The van der Waals surface area contributed by atoms with Gasteiger partial charge in [0.1, 0.15) is 23.9 Å². The molecule has 0 aliphatic rings. The van der Waals surface area contributed by atoms with E-state index in [9.17, 15) is 9.90 Å². The second kappa shape index (κ2) is 4.57. The van der Waals surface area contributed by atoms with Crippen molar-refractivity contribution < 1.29 is 23.8 Å². The third kappa shape index (κ3) is 2.30. The van der Waals surface area contributed by atoms with Crippen LogP contribution in [-0.2, 0) is 6.61 Å². The quantitative estimate of drug-likeness (QED) is 0.787. The molecule has 0 spiro atoms. The SMILES string of the molecule is Cc1ccc(C(O)C(=O)c2ccc(CO)o2)o1. The van der Waals surface area contributed by atoms with Crippen LogP contribution in [-0.4, -0.2) is 16.0 Å². The van der Waals surface area contributed by atoms with Crippen LogP contribution in [0.5, 0.6) is 0 Å². The molecule has 0 saturated carbocycles. The first-order valence-electron chi connectivity index (χ1n) is 5.10. The molecule has 2 N–H and O–H groups in total. The lowest BCUT2D eigenvalue weighted by atomic mass is 10.1. The van der Waals surface area contributed by atoms with Crippen LogP contribution >= 0.6 is 0 Å². The van der Waals surface area contributed by atoms with Gasteiger partial charge in [0.25, 0.3) is 0 Å². The lowest BCUT2D eigenvalue weighted by molar-refractivity contribution is 0.0667. The van der Waals surface area contributed by atoms with Crippen molar-refractivity contribution in [3.63, 3.8) is 0 Å². The molecule has 0 bridgehead atoms. The molecular formula is C12H12O5. The van der Waals surface area contributed by atoms with E-state index in [1.807, 2.05) is 0 Å². The largest absolute Gasteiger partial charge is 0.463 e. The minimum absolute atomic E-state index is 0.00407. The number of carbonyl (C=O) groups is 1. The molecule has 0 aliphatic heterocycles. The Morgan fingerprint density at radius 1 is 1.29 bits per heavy atom. The summed E-state index contributed by atoms with van der Waals surface area (Å²) in [6.07, 6.45) is -1.39. The molecule has 17 heavy (non-hydrogen) atoms. The molecule has 0 radical (unpaired) electrons. The molecule has 2 heterocycles. The second-order valence-corrected chi connectivity index (χ2v) is 3.64. The maximum absolute atomic E-state index is 11.8. The number of aliphatic hydroxyl groups is 2. The number of ketones is 1. The maximum Gasteiger partial charge on any atom is 0.234 e. The predicted octanol–water partition coefficient (Wildman–Crippen LogP) is 1.59. The van der Waals surface area contributed by atoms with Gasteiger partial charge >= 0.3 is 0 Å². The zero-order chi connectivity index (χ0) is 12.4. The fraction of sp³-hybridized carbons (Fsp3) is 0.250. The van der Waals surface area contributed by atoms with Crippen LogP contribution in [0, 0.1) is 6.92 Å². The van der Waals surface area contributed by atoms with Gasteiger partial charge in [0, 0.05) is 0 Å². The van der Waals surface area contributed by atoms with Crippen LogP contribution in [0.25, 0.3) is 0 Å². The Bertz CT molecular complexity index is 522. The van der Waals surface area contributed by atoms with Gasteiger partial charge in [0.15, 0.2) is 11.9 Å². The summed E-state index contributed by atoms with van der Waals surface area (Å²) in [6, 6.07) is 6.08. The van der Waals surface area contributed by atoms with Crippen LogP contribution in [0.2, 0.25) is 0 Å². The van der Waals surface area contributed by atoms with E-state index in [4.69, 9.17) is 13.9 Å². The van der Waals surface area contributed by atoms with Gasteiger partial charge in [-0.1, -0.05) is 0 Å². The number of furan rings is 2. The Labute approximate surface area is 97.3 Å². The summed E-state index contributed by atoms with van der Waals surface area (Å²) in [6.45, 7) is 1.43. The summed E-state index contributed by atoms with van der Waals surface area (Å²) < 4.78 is 10.2. The molecule has 0 amide bonds. The minimum Gasteiger partial charge on any atom is -0.463 e. The third-order valence-corrected chi connectivity index (χ3v) is 2.34. The van der Waals surface area contributed by atoms with E-state index in [0.29, 0.717) is 5.76 Å². The zero-order valence-electron chi connectivity index (χ0n) is 9.21. The minimum atomic E-state index is -1.39. The molecule has 5 heteroatoms. The van der Waals surface area contributed by atoms with E-state index in [-0.39, 0.29) is 23.9 Å². The van der Waals surface area contributed by atoms with E-state index in [0.717, 1.165) is 0 Å². The van der Waals surface area contributed by atoms with E-state index >= 15 is 0 Å². The molecule has 1 atom stereocenters. The fourth-order valence-electron chi connectivity index (χ4n) is 1.46. The van der Waals surface area contributed by atoms with Crippen LogP contribution in [0.3, 0.4) is 0 Å². The normalized spacial score (nSPS) is 12.6. The molecule has 0 saturated heterocycles. The summed E-state index contributed by atoms with van der Waals surface area (Å²) in [5.41, 5.74) is 0. The third-order valence-electron chi connectivity index (χ3n) is 2.34. The first-order chi connectivity index (χ1) is 8.11. The number of Topliss-reactive ketones (excluding diaryl/α,β-unsaturated/α-hetero) is 1. The zero-order valence-corrected chi connectivity index (χ0v) is 9.21. The van der Waals surface area contributed by atoms with Gasteiger partial charge in [-0.3, -0.25) is 4.79 Å². The van der Waals surface area contributed by atoms with Gasteiger partial charge in [-0.25, -0.2) is 0 Å². The Balaban J connectivity index is 2.19. The van der Waals surface area contributed by atoms with E-state index < -0.39 is 11.9 Å². The van der Waals surface area contributed by atoms with Crippen LogP contribution in [0.1, 0.15) is 33.9 Å². The van der Waals surface area contributed by atoms with Crippen molar-refractivity contribution >= 4 is 5.78 Å². The molecule has 90 valence electrons. The van der Waals surface area contributed by atoms with Gasteiger partial charge < -0.3 is 19.0 Å². The van der Waals surface area contributed by atoms with Crippen molar-refractivity contribution in [2.75, 3.05) is 0 Å². The average Bonchev–Trinajstić information content (AvgIpc) is 2.95. The number of aryl methyl sites for hydroxylation is 1. The van der Waals surface area contributed by atoms with Crippen molar-refractivity contribution in [2.45, 2.75) is 19.6 Å². The van der Waals surface area contributed by atoms with Crippen molar-refractivity contribution in [1.29, 1.82) is 0 Å². The lowest BCUT2D eigenvalue weighted by Crippen LogP contribution is -2.10. The molecule has 0 aromatic carbocycles. The first kappa shape index (κ1) is 11.6. The molecular weight excluding hydrogens is 224 g/mol. The van der Waals surface area contributed by atoms with Crippen molar-refractivity contribution in [3.05, 3.63) is 47.3 Å². The smallest absolute Gasteiger partial charge is 0.234 e. The summed E-state index contributed by atoms with van der Waals surface area (Å²) in [7, 11) is 0. The van der Waals surface area contributed by atoms with Gasteiger partial charge in [0.05, 0.1) is 0 Å². The average molecular weight is 236 g/mol. The first-order valence-corrected chi connectivity index (χ1v) is 5.10. The van der Waals surface area contributed by atoms with Gasteiger partial charge in [-0.2, -0.15) is 0 Å². The number of rotatable bonds is 4. The Kier molecular flexibility index (Phi) is 3.12. The fourth-order valence-corrected chi connectivity index (χ4v) is 1.46. The summed E-state index contributed by atoms with van der Waals surface area (Å²) in [4.78, 5) is 11.8. The Morgan fingerprint density at radius 2 is 2.06 bits per heavy atom. The monoisotopic (exact) mass is 236 g/mol. The van der Waals surface area contributed by atoms with E-state index in [2.05, 4.69) is 0 Å². The highest BCUT2D eigenvalue weighted by Crippen LogP contribution is 2.21. The topological polar surface area (TPSA) is 83.8 Å². The van der Waals surface area contributed by atoms with Crippen LogP contribution in [0.15, 0.2) is 33.1 Å². The summed E-state index contributed by atoms with van der Waals surface area (Å²) >= 11 is 0. The van der Waals surface area contributed by atoms with Crippen molar-refractivity contribution in [2.24, 2.45) is 0 Å². The van der Waals surface area contributed by atoms with Crippen molar-refractivity contribution in [1.82, 2.24) is 0 Å². The molecule has 2 aromatic heterocycles. The summed E-state index contributed by atoms with van der Waals surface area (Å²) in [5.74, 6) is 0.461. The Morgan fingerprint density at radius 3 is 2.59 bits per heavy atom. The second-order valence-electron chi connectivity index (χ2n) is 3.64. The van der Waals surface area contributed by atoms with E-state index in [1.54, 1.807) is 13.0 Å². The predicted molar refractivity (Wildman–Crippen MR) is 57.4 cm³/mol. The van der Waals surface area contributed by atoms with E-state index in [1.165, 1.54) is 18.2 Å².